The molecular weight excluding hydrogens is 294 g/mol. The molecule has 0 aliphatic rings. The van der Waals surface area contributed by atoms with E-state index >= 15 is 0 Å². The number of rotatable bonds is 6. The Labute approximate surface area is 124 Å². The zero-order valence-electron chi connectivity index (χ0n) is 11.0. The Morgan fingerprint density at radius 1 is 1.40 bits per heavy atom. The highest BCUT2D eigenvalue weighted by molar-refractivity contribution is 7.85. The first-order chi connectivity index (χ1) is 9.56. The average molecular weight is 309 g/mol. The third kappa shape index (κ3) is 3.98. The fourth-order valence-corrected chi connectivity index (χ4v) is 4.10. The maximum absolute atomic E-state index is 12.3. The van der Waals surface area contributed by atoms with Gasteiger partial charge in [-0.15, -0.1) is 11.3 Å². The fraction of sp³-hybridized carbons (Fsp3) is 0.286. The molecule has 0 saturated heterocycles. The Hall–Kier alpha value is -1.53. The van der Waals surface area contributed by atoms with Crippen molar-refractivity contribution >= 4 is 28.1 Å². The molecular formula is C14H15NO3S2. The maximum atomic E-state index is 12.3. The highest BCUT2D eigenvalue weighted by Gasteiger charge is 2.25. The summed E-state index contributed by atoms with van der Waals surface area (Å²) in [4.78, 5) is 15.6. The normalized spacial score (nSPS) is 13.8. The molecule has 1 heterocycles. The van der Waals surface area contributed by atoms with Crippen molar-refractivity contribution in [1.29, 1.82) is 0 Å². The molecule has 0 amide bonds. The topological polar surface area (TPSA) is 67.3 Å². The summed E-state index contributed by atoms with van der Waals surface area (Å²) in [5.41, 5.74) is 1.75. The minimum atomic E-state index is -1.48. The van der Waals surface area contributed by atoms with Crippen molar-refractivity contribution in [3.8, 4) is 0 Å². The minimum absolute atomic E-state index is 0.197. The van der Waals surface area contributed by atoms with Crippen LogP contribution in [0.3, 0.4) is 0 Å². The lowest BCUT2D eigenvalue weighted by atomic mass is 10.1. The van der Waals surface area contributed by atoms with E-state index in [2.05, 4.69) is 4.98 Å². The number of benzene rings is 1. The van der Waals surface area contributed by atoms with Gasteiger partial charge in [0.15, 0.2) is 0 Å². The number of hydrogen-bond donors (Lipinski definition) is 1. The van der Waals surface area contributed by atoms with Crippen LogP contribution in [0.15, 0.2) is 35.7 Å². The molecule has 2 rings (SSSR count). The van der Waals surface area contributed by atoms with Crippen molar-refractivity contribution in [2.75, 3.05) is 0 Å². The first-order valence-corrected chi connectivity index (χ1v) is 8.37. The molecule has 2 atom stereocenters. The molecule has 1 aromatic heterocycles. The molecule has 1 N–H and O–H groups in total. The SMILES string of the molecule is Cc1csc(CS(=O)C(Cc2ccccc2)C(=O)O)n1. The van der Waals surface area contributed by atoms with Gasteiger partial charge in [-0.3, -0.25) is 9.00 Å². The molecule has 0 fully saturated rings. The smallest absolute Gasteiger partial charge is 0.319 e. The van der Waals surface area contributed by atoms with Gasteiger partial charge in [0.05, 0.1) is 5.75 Å². The summed E-state index contributed by atoms with van der Waals surface area (Å²) in [5, 5.41) is 11.0. The number of nitrogens with zero attached hydrogens (tertiary/aromatic N) is 1. The van der Waals surface area contributed by atoms with Crippen molar-refractivity contribution in [3.05, 3.63) is 52.0 Å². The maximum Gasteiger partial charge on any atom is 0.319 e. The van der Waals surface area contributed by atoms with E-state index in [-0.39, 0.29) is 12.2 Å². The number of hydrogen-bond acceptors (Lipinski definition) is 4. The van der Waals surface area contributed by atoms with Gasteiger partial charge in [-0.05, 0) is 18.9 Å². The lowest BCUT2D eigenvalue weighted by Gasteiger charge is -2.11. The van der Waals surface area contributed by atoms with Crippen LogP contribution in [0.4, 0.5) is 0 Å². The van der Waals surface area contributed by atoms with Crippen molar-refractivity contribution in [3.63, 3.8) is 0 Å². The summed E-state index contributed by atoms with van der Waals surface area (Å²) < 4.78 is 12.3. The molecule has 0 bridgehead atoms. The molecule has 0 aliphatic heterocycles. The number of aryl methyl sites for hydroxylation is 1. The Morgan fingerprint density at radius 2 is 2.10 bits per heavy atom. The molecule has 0 radical (unpaired) electrons. The van der Waals surface area contributed by atoms with E-state index in [0.29, 0.717) is 0 Å². The van der Waals surface area contributed by atoms with Crippen molar-refractivity contribution < 1.29 is 14.1 Å². The lowest BCUT2D eigenvalue weighted by Crippen LogP contribution is -2.29. The van der Waals surface area contributed by atoms with Gasteiger partial charge in [0.25, 0.3) is 0 Å². The monoisotopic (exact) mass is 309 g/mol. The van der Waals surface area contributed by atoms with Gasteiger partial charge in [0, 0.05) is 21.9 Å². The van der Waals surface area contributed by atoms with E-state index in [0.717, 1.165) is 16.3 Å². The molecule has 20 heavy (non-hydrogen) atoms. The van der Waals surface area contributed by atoms with Crippen molar-refractivity contribution in [1.82, 2.24) is 4.98 Å². The second kappa shape index (κ2) is 6.76. The number of carbonyl (C=O) groups is 1. The van der Waals surface area contributed by atoms with Crippen LogP contribution in [0, 0.1) is 6.92 Å². The Kier molecular flexibility index (Phi) is 5.03. The Bertz CT molecular complexity index is 610. The lowest BCUT2D eigenvalue weighted by molar-refractivity contribution is -0.136. The summed E-state index contributed by atoms with van der Waals surface area (Å²) in [6, 6.07) is 9.26. The van der Waals surface area contributed by atoms with Gasteiger partial charge in [-0.1, -0.05) is 30.3 Å². The van der Waals surface area contributed by atoms with Crippen LogP contribution in [-0.4, -0.2) is 25.5 Å². The summed E-state index contributed by atoms with van der Waals surface area (Å²) in [5.74, 6) is -0.831. The molecule has 2 aromatic rings. The van der Waals surface area contributed by atoms with E-state index in [9.17, 15) is 14.1 Å². The summed E-state index contributed by atoms with van der Waals surface area (Å²) in [7, 11) is -1.48. The largest absolute Gasteiger partial charge is 0.480 e. The second-order valence-corrected chi connectivity index (χ2v) is 6.99. The first kappa shape index (κ1) is 14.9. The highest BCUT2D eigenvalue weighted by Crippen LogP contribution is 2.16. The van der Waals surface area contributed by atoms with Gasteiger partial charge in [0.2, 0.25) is 0 Å². The number of carboxylic acids is 1. The second-order valence-electron chi connectivity index (χ2n) is 4.42. The summed E-state index contributed by atoms with van der Waals surface area (Å²) >= 11 is 1.42. The third-order valence-corrected chi connectivity index (χ3v) is 5.50. The molecule has 2 unspecified atom stereocenters. The van der Waals surface area contributed by atoms with Gasteiger partial charge >= 0.3 is 5.97 Å². The van der Waals surface area contributed by atoms with Crippen molar-refractivity contribution in [2.24, 2.45) is 0 Å². The van der Waals surface area contributed by atoms with Gasteiger partial charge in [0.1, 0.15) is 10.3 Å². The van der Waals surface area contributed by atoms with E-state index < -0.39 is 22.0 Å². The molecule has 106 valence electrons. The molecule has 6 heteroatoms. The Balaban J connectivity index is 2.08. The fourth-order valence-electron chi connectivity index (χ4n) is 1.81. The average Bonchev–Trinajstić information content (AvgIpc) is 2.82. The molecule has 0 aliphatic carbocycles. The quantitative estimate of drug-likeness (QED) is 0.889. The van der Waals surface area contributed by atoms with Crippen molar-refractivity contribution in [2.45, 2.75) is 24.3 Å². The predicted molar refractivity (Wildman–Crippen MR) is 80.3 cm³/mol. The van der Waals surface area contributed by atoms with Gasteiger partial charge < -0.3 is 5.11 Å². The Morgan fingerprint density at radius 3 is 2.65 bits per heavy atom. The molecule has 0 saturated carbocycles. The van der Waals surface area contributed by atoms with E-state index in [1.54, 1.807) is 0 Å². The van der Waals surface area contributed by atoms with Crippen LogP contribution in [0.25, 0.3) is 0 Å². The van der Waals surface area contributed by atoms with Crippen LogP contribution < -0.4 is 0 Å². The van der Waals surface area contributed by atoms with Crippen LogP contribution in [-0.2, 0) is 27.8 Å². The van der Waals surface area contributed by atoms with E-state index in [4.69, 9.17) is 0 Å². The summed E-state index contributed by atoms with van der Waals surface area (Å²) in [6.07, 6.45) is 0.271. The zero-order valence-corrected chi connectivity index (χ0v) is 12.6. The number of thiazole rings is 1. The van der Waals surface area contributed by atoms with Crippen LogP contribution in [0.1, 0.15) is 16.3 Å². The van der Waals surface area contributed by atoms with E-state index in [1.165, 1.54) is 11.3 Å². The predicted octanol–water partition coefficient (Wildman–Crippen LogP) is 2.40. The molecule has 4 nitrogen and oxygen atoms in total. The van der Waals surface area contributed by atoms with Crippen LogP contribution >= 0.6 is 11.3 Å². The van der Waals surface area contributed by atoms with E-state index in [1.807, 2.05) is 42.6 Å². The van der Waals surface area contributed by atoms with Gasteiger partial charge in [-0.2, -0.15) is 0 Å². The van der Waals surface area contributed by atoms with Crippen LogP contribution in [0.2, 0.25) is 0 Å². The van der Waals surface area contributed by atoms with Crippen LogP contribution in [0.5, 0.6) is 0 Å². The molecule has 0 spiro atoms. The number of aliphatic carboxylic acids is 1. The number of carboxylic acid groups (broad SMARTS) is 1. The highest BCUT2D eigenvalue weighted by atomic mass is 32.2. The molecule has 1 aromatic carbocycles. The number of aromatic nitrogens is 1. The standard InChI is InChI=1S/C14H15NO3S2/c1-10-8-19-13(15-10)9-20(18)12(14(16)17)7-11-5-3-2-4-6-11/h2-6,8,12H,7,9H2,1H3,(H,16,17). The van der Waals surface area contributed by atoms with Gasteiger partial charge in [-0.25, -0.2) is 4.98 Å². The third-order valence-electron chi connectivity index (χ3n) is 2.79. The minimum Gasteiger partial charge on any atom is -0.480 e. The first-order valence-electron chi connectivity index (χ1n) is 6.11. The summed E-state index contributed by atoms with van der Waals surface area (Å²) in [6.45, 7) is 1.86. The zero-order chi connectivity index (χ0) is 14.5.